The molecular weight excluding hydrogens is 556 g/mol. The summed E-state index contributed by atoms with van der Waals surface area (Å²) in [5, 5.41) is 0. The summed E-state index contributed by atoms with van der Waals surface area (Å²) in [6.45, 7) is 12.7. The van der Waals surface area contributed by atoms with Gasteiger partial charge >= 0.3 is 0 Å². The van der Waals surface area contributed by atoms with Crippen molar-refractivity contribution in [1.29, 1.82) is 0 Å². The highest BCUT2D eigenvalue weighted by Crippen LogP contribution is 2.28. The summed E-state index contributed by atoms with van der Waals surface area (Å²) in [5.41, 5.74) is 0. The summed E-state index contributed by atoms with van der Waals surface area (Å²) in [5.74, 6) is 1.63. The van der Waals surface area contributed by atoms with Gasteiger partial charge in [-0.25, -0.2) is 9.80 Å². The van der Waals surface area contributed by atoms with E-state index in [9.17, 15) is 0 Å². The molecule has 0 N–H and O–H groups in total. The Labute approximate surface area is 280 Å². The minimum atomic E-state index is -0.445. The van der Waals surface area contributed by atoms with Crippen molar-refractivity contribution >= 4 is 0 Å². The zero-order valence-corrected chi connectivity index (χ0v) is 30.4. The first-order valence-electron chi connectivity index (χ1n) is 19.8. The highest BCUT2D eigenvalue weighted by Gasteiger charge is 2.30. The summed E-state index contributed by atoms with van der Waals surface area (Å²) < 4.78 is 19.5. The molecule has 262 valence electrons. The Balaban J connectivity index is 1.71. The van der Waals surface area contributed by atoms with Crippen molar-refractivity contribution in [3.63, 3.8) is 0 Å². The van der Waals surface area contributed by atoms with Crippen LogP contribution in [0.3, 0.4) is 0 Å². The van der Waals surface area contributed by atoms with Gasteiger partial charge in [0.1, 0.15) is 11.5 Å². The standard InChI is InChI=1S/C40H74N2O3/c1-5-9-11-13-15-17-19-21-23-25-27-29-34-41(7-3)39-43-37-32-31-33-38(36-37)44-40(45-39)42(8-4)35-30-28-26-24-22-20-18-16-14-12-10-6-2/h31-33,36,39-40H,5-30,34-35H2,1-4H3. The SMILES string of the molecule is CCCCCCCCCCCCCCN(CC)C1Oc2cccc(c2)OC(N(CC)CCCCCCCCCCCCCC)O1. The molecule has 45 heavy (non-hydrogen) atoms. The second kappa shape index (κ2) is 27.8. The Morgan fingerprint density at radius 1 is 0.444 bits per heavy atom. The Kier molecular flexibility index (Phi) is 24.6. The predicted molar refractivity (Wildman–Crippen MR) is 193 cm³/mol. The van der Waals surface area contributed by atoms with Crippen LogP contribution in [0.25, 0.3) is 0 Å². The van der Waals surface area contributed by atoms with Crippen molar-refractivity contribution in [2.45, 2.75) is 195 Å². The Morgan fingerprint density at radius 3 is 1.07 bits per heavy atom. The fourth-order valence-corrected chi connectivity index (χ4v) is 6.47. The van der Waals surface area contributed by atoms with Crippen LogP contribution in [0.15, 0.2) is 24.3 Å². The molecule has 1 aliphatic heterocycles. The summed E-state index contributed by atoms with van der Waals surface area (Å²) >= 11 is 0. The summed E-state index contributed by atoms with van der Waals surface area (Å²) in [4.78, 5) is 4.67. The quantitative estimate of drug-likeness (QED) is 0.0790. The minimum Gasteiger partial charge on any atom is -0.451 e. The van der Waals surface area contributed by atoms with Crippen LogP contribution in [-0.2, 0) is 4.74 Å². The highest BCUT2D eigenvalue weighted by molar-refractivity contribution is 5.33. The van der Waals surface area contributed by atoms with E-state index in [-0.39, 0.29) is 0 Å². The fourth-order valence-electron chi connectivity index (χ4n) is 6.47. The van der Waals surface area contributed by atoms with Crippen LogP contribution in [0.5, 0.6) is 11.5 Å². The lowest BCUT2D eigenvalue weighted by molar-refractivity contribution is -0.288. The van der Waals surface area contributed by atoms with Crippen molar-refractivity contribution in [1.82, 2.24) is 9.80 Å². The maximum atomic E-state index is 6.64. The van der Waals surface area contributed by atoms with Crippen molar-refractivity contribution in [3.05, 3.63) is 24.3 Å². The number of nitrogens with zero attached hydrogens (tertiary/aromatic N) is 2. The Bertz CT molecular complexity index is 731. The summed E-state index contributed by atoms with van der Waals surface area (Å²) in [6, 6.07) is 8.04. The van der Waals surface area contributed by atoms with Crippen LogP contribution in [0.2, 0.25) is 0 Å². The second-order valence-corrected chi connectivity index (χ2v) is 13.5. The lowest BCUT2D eigenvalue weighted by atomic mass is 10.1. The fraction of sp³-hybridized carbons (Fsp3) is 0.850. The van der Waals surface area contributed by atoms with Gasteiger partial charge in [-0.3, -0.25) is 4.74 Å². The van der Waals surface area contributed by atoms with Gasteiger partial charge in [0.05, 0.1) is 0 Å². The monoisotopic (exact) mass is 631 g/mol. The molecule has 0 saturated heterocycles. The van der Waals surface area contributed by atoms with Crippen molar-refractivity contribution in [3.8, 4) is 11.5 Å². The molecule has 2 rings (SSSR count). The van der Waals surface area contributed by atoms with Gasteiger partial charge in [-0.1, -0.05) is 175 Å². The van der Waals surface area contributed by atoms with E-state index in [2.05, 4.69) is 37.5 Å². The van der Waals surface area contributed by atoms with E-state index in [1.54, 1.807) is 0 Å². The number of unbranched alkanes of at least 4 members (excludes halogenated alkanes) is 22. The molecule has 2 atom stereocenters. The molecule has 0 saturated carbocycles. The maximum Gasteiger partial charge on any atom is 0.266 e. The maximum absolute atomic E-state index is 6.64. The van der Waals surface area contributed by atoms with E-state index in [1.807, 2.05) is 24.3 Å². The average Bonchev–Trinajstić information content (AvgIpc) is 3.04. The van der Waals surface area contributed by atoms with Gasteiger partial charge in [0.15, 0.2) is 0 Å². The van der Waals surface area contributed by atoms with Crippen LogP contribution in [0.1, 0.15) is 182 Å². The van der Waals surface area contributed by atoms with Crippen LogP contribution < -0.4 is 9.47 Å². The van der Waals surface area contributed by atoms with Crippen molar-refractivity contribution in [2.24, 2.45) is 0 Å². The van der Waals surface area contributed by atoms with Gasteiger partial charge in [0.2, 0.25) is 0 Å². The smallest absolute Gasteiger partial charge is 0.266 e. The van der Waals surface area contributed by atoms with E-state index in [1.165, 1.54) is 154 Å². The molecule has 1 aromatic carbocycles. The molecule has 0 fully saturated rings. The molecule has 0 aromatic heterocycles. The number of ether oxygens (including phenoxy) is 3. The molecule has 2 bridgehead atoms. The van der Waals surface area contributed by atoms with Crippen molar-refractivity contribution in [2.75, 3.05) is 26.2 Å². The molecule has 5 nitrogen and oxygen atoms in total. The lowest BCUT2D eigenvalue weighted by Gasteiger charge is -2.38. The van der Waals surface area contributed by atoms with Gasteiger partial charge in [0, 0.05) is 32.2 Å². The van der Waals surface area contributed by atoms with E-state index >= 15 is 0 Å². The van der Waals surface area contributed by atoms with Crippen molar-refractivity contribution < 1.29 is 14.2 Å². The Morgan fingerprint density at radius 2 is 0.756 bits per heavy atom. The average molecular weight is 631 g/mol. The molecule has 0 spiro atoms. The first kappa shape index (κ1) is 39.9. The van der Waals surface area contributed by atoms with Gasteiger partial charge in [-0.2, -0.15) is 0 Å². The van der Waals surface area contributed by atoms with E-state index in [4.69, 9.17) is 14.2 Å². The zero-order chi connectivity index (χ0) is 32.2. The van der Waals surface area contributed by atoms with E-state index in [0.29, 0.717) is 0 Å². The first-order chi connectivity index (χ1) is 22.2. The molecule has 0 radical (unpaired) electrons. The molecular formula is C40H74N2O3. The van der Waals surface area contributed by atoms with Crippen LogP contribution >= 0.6 is 0 Å². The zero-order valence-electron chi connectivity index (χ0n) is 30.4. The van der Waals surface area contributed by atoms with Gasteiger partial charge in [-0.15, -0.1) is 0 Å². The van der Waals surface area contributed by atoms with Gasteiger partial charge in [0.25, 0.3) is 12.8 Å². The number of fused-ring (bicyclic) bond motifs is 2. The van der Waals surface area contributed by atoms with E-state index < -0.39 is 12.8 Å². The predicted octanol–water partition coefficient (Wildman–Crippen LogP) is 12.1. The number of hydrogen-bond acceptors (Lipinski definition) is 5. The highest BCUT2D eigenvalue weighted by atomic mass is 16.8. The molecule has 1 heterocycles. The number of hydrogen-bond donors (Lipinski definition) is 0. The minimum absolute atomic E-state index is 0.445. The molecule has 1 aromatic rings. The van der Waals surface area contributed by atoms with Crippen LogP contribution in [0.4, 0.5) is 0 Å². The molecule has 2 unspecified atom stereocenters. The largest absolute Gasteiger partial charge is 0.451 e. The van der Waals surface area contributed by atoms with Gasteiger partial charge < -0.3 is 9.47 Å². The third-order valence-electron chi connectivity index (χ3n) is 9.52. The van der Waals surface area contributed by atoms with E-state index in [0.717, 1.165) is 37.7 Å². The van der Waals surface area contributed by atoms with Crippen LogP contribution in [-0.4, -0.2) is 48.8 Å². The van der Waals surface area contributed by atoms with Crippen LogP contribution in [0, 0.1) is 0 Å². The molecule has 5 heteroatoms. The molecule has 0 amide bonds. The third-order valence-corrected chi connectivity index (χ3v) is 9.52. The number of rotatable bonds is 30. The molecule has 0 aliphatic carbocycles. The Hall–Kier alpha value is -1.30. The third kappa shape index (κ3) is 19.2. The number of benzene rings is 1. The van der Waals surface area contributed by atoms with Gasteiger partial charge in [-0.05, 0) is 25.0 Å². The first-order valence-corrected chi connectivity index (χ1v) is 19.8. The summed E-state index contributed by atoms with van der Waals surface area (Å²) in [7, 11) is 0. The molecule has 1 aliphatic rings. The second-order valence-electron chi connectivity index (χ2n) is 13.5. The topological polar surface area (TPSA) is 34.2 Å². The summed E-state index contributed by atoms with van der Waals surface area (Å²) in [6.07, 6.45) is 31.9. The normalized spacial score (nSPS) is 16.5. The lowest BCUT2D eigenvalue weighted by Crippen LogP contribution is -2.51.